The Hall–Kier alpha value is -3.19. The molecule has 0 bridgehead atoms. The normalized spacial score (nSPS) is 22.2. The molecule has 2 fully saturated rings. The van der Waals surface area contributed by atoms with E-state index in [0.717, 1.165) is 44.0 Å². The van der Waals surface area contributed by atoms with Gasteiger partial charge < -0.3 is 20.0 Å². The highest BCUT2D eigenvalue weighted by Gasteiger charge is 2.41. The fourth-order valence-corrected chi connectivity index (χ4v) is 5.86. The van der Waals surface area contributed by atoms with Crippen molar-refractivity contribution < 1.29 is 14.4 Å². The molecule has 3 aliphatic rings. The van der Waals surface area contributed by atoms with Gasteiger partial charge in [-0.1, -0.05) is 31.2 Å². The molecule has 3 amide bonds. The number of nitrogens with one attached hydrogen (secondary N) is 1. The minimum absolute atomic E-state index is 0.0484. The number of likely N-dealkylation sites (tertiary alicyclic amines) is 1. The molecule has 2 saturated heterocycles. The zero-order chi connectivity index (χ0) is 25.1. The van der Waals surface area contributed by atoms with Crippen LogP contribution >= 0.6 is 0 Å². The number of carbonyl (C=O) groups excluding carboxylic acids is 3. The highest BCUT2D eigenvalue weighted by atomic mass is 16.2. The van der Waals surface area contributed by atoms with Crippen LogP contribution in [-0.2, 0) is 11.3 Å². The van der Waals surface area contributed by atoms with Gasteiger partial charge in [-0.3, -0.25) is 14.4 Å². The number of fused-ring (bicyclic) bond motifs is 2. The van der Waals surface area contributed by atoms with Crippen molar-refractivity contribution in [2.45, 2.75) is 51.6 Å². The van der Waals surface area contributed by atoms with Gasteiger partial charge in [0.1, 0.15) is 6.04 Å². The summed E-state index contributed by atoms with van der Waals surface area (Å²) in [5.74, 6) is 0.543. The summed E-state index contributed by atoms with van der Waals surface area (Å²) < 4.78 is 0. The lowest BCUT2D eigenvalue weighted by molar-refractivity contribution is -0.122. The van der Waals surface area contributed by atoms with Gasteiger partial charge >= 0.3 is 0 Å². The van der Waals surface area contributed by atoms with E-state index in [4.69, 9.17) is 0 Å². The molecule has 190 valence electrons. The summed E-state index contributed by atoms with van der Waals surface area (Å²) in [6.45, 7) is 7.21. The predicted octanol–water partition coefficient (Wildman–Crippen LogP) is 3.69. The summed E-state index contributed by atoms with van der Waals surface area (Å²) in [6.07, 6.45) is 5.03. The molecule has 36 heavy (non-hydrogen) atoms. The number of amides is 3. The second-order valence-electron chi connectivity index (χ2n) is 10.5. The minimum Gasteiger partial charge on any atom is -0.352 e. The third-order valence-corrected chi connectivity index (χ3v) is 7.70. The van der Waals surface area contributed by atoms with Crippen molar-refractivity contribution in [2.75, 3.05) is 37.6 Å². The third-order valence-electron chi connectivity index (χ3n) is 7.70. The highest BCUT2D eigenvalue weighted by Crippen LogP contribution is 2.33. The molecule has 0 saturated carbocycles. The van der Waals surface area contributed by atoms with Gasteiger partial charge in [0, 0.05) is 25.2 Å². The van der Waals surface area contributed by atoms with E-state index in [1.807, 2.05) is 42.5 Å². The first kappa shape index (κ1) is 24.5. The van der Waals surface area contributed by atoms with Gasteiger partial charge in [-0.2, -0.15) is 0 Å². The molecular formula is C29H36N4O3. The Morgan fingerprint density at radius 2 is 1.86 bits per heavy atom. The van der Waals surface area contributed by atoms with Gasteiger partial charge in [-0.25, -0.2) is 0 Å². The van der Waals surface area contributed by atoms with Crippen LogP contribution in [0.25, 0.3) is 0 Å². The van der Waals surface area contributed by atoms with Gasteiger partial charge in [-0.05, 0) is 80.9 Å². The first-order valence-corrected chi connectivity index (χ1v) is 13.3. The molecule has 2 atom stereocenters. The maximum Gasteiger partial charge on any atom is 0.256 e. The van der Waals surface area contributed by atoms with E-state index in [1.54, 1.807) is 15.9 Å². The number of carbonyl (C=O) groups is 3. The quantitative estimate of drug-likeness (QED) is 0.604. The van der Waals surface area contributed by atoms with Gasteiger partial charge in [0.25, 0.3) is 11.8 Å². The molecule has 0 aromatic heterocycles. The Kier molecular flexibility index (Phi) is 7.37. The van der Waals surface area contributed by atoms with E-state index in [2.05, 4.69) is 17.1 Å². The summed E-state index contributed by atoms with van der Waals surface area (Å²) in [6, 6.07) is 14.4. The van der Waals surface area contributed by atoms with Crippen LogP contribution in [0.1, 0.15) is 65.3 Å². The standard InChI is InChI=1S/C29H36N4O3/c1-21-8-5-15-31(19-21)16-7-14-30-27(34)23-10-4-9-22(18-23)20-33-25-12-3-2-11-24(25)28(35)32-17-6-13-26(32)29(33)36/h2-4,9-12,18,21,26H,5-8,13-17,19-20H2,1H3,(H,30,34)/t21-,26-/m0/s1. The first-order chi connectivity index (χ1) is 17.5. The summed E-state index contributed by atoms with van der Waals surface area (Å²) in [4.78, 5) is 45.5. The Morgan fingerprint density at radius 3 is 2.72 bits per heavy atom. The van der Waals surface area contributed by atoms with Gasteiger partial charge in [0.2, 0.25) is 5.91 Å². The molecule has 1 N–H and O–H groups in total. The average Bonchev–Trinajstić information content (AvgIpc) is 3.37. The van der Waals surface area contributed by atoms with Crippen molar-refractivity contribution in [3.63, 3.8) is 0 Å². The summed E-state index contributed by atoms with van der Waals surface area (Å²) in [7, 11) is 0. The van der Waals surface area contributed by atoms with Crippen LogP contribution in [0.3, 0.4) is 0 Å². The monoisotopic (exact) mass is 488 g/mol. The number of hydrogen-bond donors (Lipinski definition) is 1. The molecule has 7 heteroatoms. The molecule has 3 aliphatic heterocycles. The molecule has 2 aromatic rings. The van der Waals surface area contributed by atoms with Gasteiger partial charge in [-0.15, -0.1) is 0 Å². The number of para-hydroxylation sites is 1. The molecule has 2 aromatic carbocycles. The van der Waals surface area contributed by atoms with Crippen LogP contribution in [-0.4, -0.2) is 66.3 Å². The molecule has 0 aliphatic carbocycles. The Morgan fingerprint density at radius 1 is 1.03 bits per heavy atom. The summed E-state index contributed by atoms with van der Waals surface area (Å²) >= 11 is 0. The number of rotatable bonds is 7. The summed E-state index contributed by atoms with van der Waals surface area (Å²) in [5.41, 5.74) is 2.66. The SMILES string of the molecule is C[C@H]1CCCN(CCCNC(=O)c2cccc(CN3C(=O)[C@@H]4CCCN4C(=O)c4ccccc43)c2)C1. The number of anilines is 1. The molecule has 7 nitrogen and oxygen atoms in total. The number of nitrogens with zero attached hydrogens (tertiary/aromatic N) is 3. The Bertz CT molecular complexity index is 1130. The van der Waals surface area contributed by atoms with Gasteiger partial charge in [0.05, 0.1) is 17.8 Å². The molecule has 0 spiro atoms. The van der Waals surface area contributed by atoms with Crippen molar-refractivity contribution in [3.05, 3.63) is 65.2 Å². The van der Waals surface area contributed by atoms with E-state index < -0.39 is 6.04 Å². The van der Waals surface area contributed by atoms with Crippen LogP contribution in [0.4, 0.5) is 5.69 Å². The second kappa shape index (κ2) is 10.8. The number of piperidine rings is 1. The van der Waals surface area contributed by atoms with Crippen molar-refractivity contribution in [2.24, 2.45) is 5.92 Å². The van der Waals surface area contributed by atoms with E-state index in [-0.39, 0.29) is 17.7 Å². The smallest absolute Gasteiger partial charge is 0.256 e. The van der Waals surface area contributed by atoms with E-state index >= 15 is 0 Å². The maximum absolute atomic E-state index is 13.5. The number of benzene rings is 2. The largest absolute Gasteiger partial charge is 0.352 e. The molecule has 0 unspecified atom stereocenters. The average molecular weight is 489 g/mol. The molecular weight excluding hydrogens is 452 g/mol. The van der Waals surface area contributed by atoms with E-state index in [0.29, 0.717) is 42.9 Å². The second-order valence-corrected chi connectivity index (χ2v) is 10.5. The molecule has 3 heterocycles. The lowest BCUT2D eigenvalue weighted by Gasteiger charge is -2.30. The van der Waals surface area contributed by atoms with Crippen LogP contribution in [0.2, 0.25) is 0 Å². The first-order valence-electron chi connectivity index (χ1n) is 13.3. The predicted molar refractivity (Wildman–Crippen MR) is 140 cm³/mol. The van der Waals surface area contributed by atoms with Crippen LogP contribution in [0.5, 0.6) is 0 Å². The molecule has 5 rings (SSSR count). The van der Waals surface area contributed by atoms with Crippen LogP contribution < -0.4 is 10.2 Å². The topological polar surface area (TPSA) is 73.0 Å². The van der Waals surface area contributed by atoms with Crippen LogP contribution in [0, 0.1) is 5.92 Å². The minimum atomic E-state index is -0.417. The van der Waals surface area contributed by atoms with E-state index in [1.165, 1.54) is 12.8 Å². The van der Waals surface area contributed by atoms with Crippen LogP contribution in [0.15, 0.2) is 48.5 Å². The number of hydrogen-bond acceptors (Lipinski definition) is 4. The lowest BCUT2D eigenvalue weighted by Crippen LogP contribution is -2.44. The molecule has 0 radical (unpaired) electrons. The van der Waals surface area contributed by atoms with E-state index in [9.17, 15) is 14.4 Å². The summed E-state index contributed by atoms with van der Waals surface area (Å²) in [5, 5.41) is 3.05. The maximum atomic E-state index is 13.5. The third kappa shape index (κ3) is 5.16. The Labute approximate surface area is 213 Å². The van der Waals surface area contributed by atoms with Crippen molar-refractivity contribution in [1.29, 1.82) is 0 Å². The Balaban J connectivity index is 1.25. The lowest BCUT2D eigenvalue weighted by atomic mass is 10.0. The zero-order valence-electron chi connectivity index (χ0n) is 21.1. The fourth-order valence-electron chi connectivity index (χ4n) is 5.86. The zero-order valence-corrected chi connectivity index (χ0v) is 21.1. The fraction of sp³-hybridized carbons (Fsp3) is 0.483. The highest BCUT2D eigenvalue weighted by molar-refractivity contribution is 6.11. The van der Waals surface area contributed by atoms with Crippen molar-refractivity contribution in [3.8, 4) is 0 Å². The van der Waals surface area contributed by atoms with Crippen molar-refractivity contribution in [1.82, 2.24) is 15.1 Å². The van der Waals surface area contributed by atoms with Gasteiger partial charge in [0.15, 0.2) is 0 Å². The van der Waals surface area contributed by atoms with Crippen molar-refractivity contribution >= 4 is 23.4 Å².